The van der Waals surface area contributed by atoms with Crippen molar-refractivity contribution in [3.05, 3.63) is 135 Å². The zero-order valence-electron chi connectivity index (χ0n) is 25.7. The minimum absolute atomic E-state index is 0.200. The number of aromatic nitrogens is 6. The number of carboxylic acids is 1. The molecule has 3 aromatic heterocycles. The van der Waals surface area contributed by atoms with Gasteiger partial charge in [-0.3, -0.25) is 23.9 Å². The molecule has 1 atom stereocenters. The lowest BCUT2D eigenvalue weighted by atomic mass is 10.0. The Morgan fingerprint density at radius 3 is 2.30 bits per heavy atom. The number of benzene rings is 3. The normalized spacial score (nSPS) is 12.1. The van der Waals surface area contributed by atoms with Crippen LogP contribution in [0.15, 0.2) is 106 Å². The molecule has 0 saturated carbocycles. The second kappa shape index (κ2) is 13.2. The number of nitrogens with zero attached hydrogens (tertiary/aromatic N) is 6. The van der Waals surface area contributed by atoms with Crippen molar-refractivity contribution in [3.8, 4) is 11.4 Å². The SMILES string of the molecule is Cn1c(=O)n(-c2ccc(C[C@H](NC(=O)c3cc(F)c(NS(=O)(=O)c4ccc(-n5cncn5)cc4)cc3F)C(=O)O)cc2)c(=O)c2ccncc21. The van der Waals surface area contributed by atoms with Gasteiger partial charge in [0.15, 0.2) is 0 Å². The summed E-state index contributed by atoms with van der Waals surface area (Å²) < 4.78 is 61.3. The molecule has 254 valence electrons. The lowest BCUT2D eigenvalue weighted by Crippen LogP contribution is -2.42. The summed E-state index contributed by atoms with van der Waals surface area (Å²) in [6, 6.07) is 11.8. The molecule has 3 heterocycles. The van der Waals surface area contributed by atoms with Gasteiger partial charge >= 0.3 is 11.7 Å². The van der Waals surface area contributed by atoms with Crippen LogP contribution in [0.2, 0.25) is 0 Å². The number of carboxylic acid groups (broad SMARTS) is 1. The van der Waals surface area contributed by atoms with Gasteiger partial charge in [0.25, 0.3) is 21.5 Å². The van der Waals surface area contributed by atoms with Crippen molar-refractivity contribution in [2.24, 2.45) is 7.05 Å². The Morgan fingerprint density at radius 1 is 0.940 bits per heavy atom. The second-order valence-corrected chi connectivity index (χ2v) is 12.5. The smallest absolute Gasteiger partial charge is 0.335 e. The number of aliphatic carboxylic acids is 1. The minimum Gasteiger partial charge on any atom is -0.480 e. The summed E-state index contributed by atoms with van der Waals surface area (Å²) in [4.78, 5) is 58.4. The number of pyridine rings is 1. The van der Waals surface area contributed by atoms with E-state index < -0.39 is 62.1 Å². The molecule has 1 amide bonds. The number of aryl methyl sites for hydroxylation is 1. The zero-order chi connectivity index (χ0) is 35.7. The fourth-order valence-electron chi connectivity index (χ4n) is 5.10. The molecule has 0 unspecified atom stereocenters. The van der Waals surface area contributed by atoms with Gasteiger partial charge in [-0.05, 0) is 54.1 Å². The van der Waals surface area contributed by atoms with E-state index in [0.717, 1.165) is 4.57 Å². The molecule has 6 rings (SSSR count). The summed E-state index contributed by atoms with van der Waals surface area (Å²) in [5, 5.41) is 16.1. The maximum atomic E-state index is 15.1. The van der Waals surface area contributed by atoms with E-state index in [4.69, 9.17) is 0 Å². The first-order valence-electron chi connectivity index (χ1n) is 14.5. The Hall–Kier alpha value is -6.56. The third-order valence-electron chi connectivity index (χ3n) is 7.69. The van der Waals surface area contributed by atoms with Crippen molar-refractivity contribution in [1.82, 2.24) is 34.2 Å². The van der Waals surface area contributed by atoms with Crippen molar-refractivity contribution < 1.29 is 31.9 Å². The summed E-state index contributed by atoms with van der Waals surface area (Å²) >= 11 is 0. The van der Waals surface area contributed by atoms with Gasteiger partial charge in [-0.25, -0.2) is 41.0 Å². The molecule has 6 aromatic rings. The highest BCUT2D eigenvalue weighted by Gasteiger charge is 2.25. The molecular weight excluding hydrogens is 678 g/mol. The van der Waals surface area contributed by atoms with Gasteiger partial charge in [0.1, 0.15) is 30.3 Å². The Morgan fingerprint density at radius 2 is 1.64 bits per heavy atom. The van der Waals surface area contributed by atoms with E-state index in [2.05, 4.69) is 20.4 Å². The molecule has 0 spiro atoms. The van der Waals surface area contributed by atoms with Crippen molar-refractivity contribution >= 4 is 38.5 Å². The maximum absolute atomic E-state index is 15.1. The first-order chi connectivity index (χ1) is 23.8. The number of hydrogen-bond acceptors (Lipinski definition) is 9. The molecule has 18 heteroatoms. The fraction of sp³-hybridized carbons (Fsp3) is 0.0938. The zero-order valence-corrected chi connectivity index (χ0v) is 26.5. The fourth-order valence-corrected chi connectivity index (χ4v) is 6.16. The topological polar surface area (TPSA) is 200 Å². The van der Waals surface area contributed by atoms with Crippen LogP contribution in [-0.4, -0.2) is 60.3 Å². The van der Waals surface area contributed by atoms with Crippen LogP contribution in [0, 0.1) is 11.6 Å². The molecule has 0 saturated heterocycles. The molecule has 0 fully saturated rings. The van der Waals surface area contributed by atoms with Gasteiger partial charge in [-0.1, -0.05) is 12.1 Å². The molecule has 0 aliphatic carbocycles. The van der Waals surface area contributed by atoms with Gasteiger partial charge in [0.2, 0.25) is 0 Å². The lowest BCUT2D eigenvalue weighted by molar-refractivity contribution is -0.139. The largest absolute Gasteiger partial charge is 0.480 e. The van der Waals surface area contributed by atoms with Crippen LogP contribution in [0.25, 0.3) is 22.3 Å². The Balaban J connectivity index is 1.17. The average molecular weight is 703 g/mol. The molecule has 0 radical (unpaired) electrons. The number of anilines is 1. The van der Waals surface area contributed by atoms with E-state index in [0.29, 0.717) is 28.9 Å². The first kappa shape index (κ1) is 33.3. The number of sulfonamides is 1. The van der Waals surface area contributed by atoms with Crippen molar-refractivity contribution in [2.75, 3.05) is 4.72 Å². The lowest BCUT2D eigenvalue weighted by Gasteiger charge is -2.16. The van der Waals surface area contributed by atoms with Crippen LogP contribution < -0.4 is 21.3 Å². The molecule has 15 nitrogen and oxygen atoms in total. The van der Waals surface area contributed by atoms with Gasteiger partial charge in [0.05, 0.1) is 44.6 Å². The van der Waals surface area contributed by atoms with E-state index in [1.54, 1.807) is 0 Å². The van der Waals surface area contributed by atoms with Gasteiger partial charge in [-0.2, -0.15) is 5.10 Å². The highest BCUT2D eigenvalue weighted by Crippen LogP contribution is 2.24. The number of carbonyl (C=O) groups excluding carboxylic acids is 1. The standard InChI is InChI=1S/C32H24F2N8O7S/c1-40-28-15-35-11-10-22(28)30(44)42(32(40)47)20-4-2-18(3-5-20)12-27(31(45)46)38-29(43)23-13-25(34)26(14-24(23)33)39-50(48,49)21-8-6-19(7-9-21)41-17-36-16-37-41/h2-11,13-17,27,39H,12H2,1H3,(H,38,43)(H,45,46)/t27-/m0/s1. The highest BCUT2D eigenvalue weighted by molar-refractivity contribution is 7.92. The number of halogens is 2. The third kappa shape index (κ3) is 6.46. The summed E-state index contributed by atoms with van der Waals surface area (Å²) in [6.07, 6.45) is 5.19. The number of rotatable bonds is 10. The molecular formula is C32H24F2N8O7S. The monoisotopic (exact) mass is 702 g/mol. The van der Waals surface area contributed by atoms with Gasteiger partial charge in [-0.15, -0.1) is 0 Å². The van der Waals surface area contributed by atoms with Crippen molar-refractivity contribution in [1.29, 1.82) is 0 Å². The number of fused-ring (bicyclic) bond motifs is 1. The molecule has 0 aliphatic heterocycles. The van der Waals surface area contributed by atoms with E-state index in [-0.39, 0.29) is 22.4 Å². The molecule has 3 N–H and O–H groups in total. The van der Waals surface area contributed by atoms with Crippen molar-refractivity contribution in [2.45, 2.75) is 17.4 Å². The second-order valence-electron chi connectivity index (χ2n) is 10.9. The summed E-state index contributed by atoms with van der Waals surface area (Å²) in [5.74, 6) is -5.39. The van der Waals surface area contributed by atoms with Crippen molar-refractivity contribution in [3.63, 3.8) is 0 Å². The van der Waals surface area contributed by atoms with Crippen LogP contribution >= 0.6 is 0 Å². The van der Waals surface area contributed by atoms with Crippen LogP contribution in [0.3, 0.4) is 0 Å². The summed E-state index contributed by atoms with van der Waals surface area (Å²) in [7, 11) is -2.91. The minimum atomic E-state index is -4.39. The third-order valence-corrected chi connectivity index (χ3v) is 9.07. The Kier molecular flexibility index (Phi) is 8.77. The molecule has 0 bridgehead atoms. The van der Waals surface area contributed by atoms with Crippen LogP contribution in [0.4, 0.5) is 14.5 Å². The number of nitrogens with one attached hydrogen (secondary N) is 2. The van der Waals surface area contributed by atoms with E-state index in [1.165, 1.54) is 95.9 Å². The summed E-state index contributed by atoms with van der Waals surface area (Å²) in [6.45, 7) is 0. The number of hydrogen-bond donors (Lipinski definition) is 3. The van der Waals surface area contributed by atoms with E-state index in [9.17, 15) is 32.7 Å². The van der Waals surface area contributed by atoms with Crippen LogP contribution in [0.1, 0.15) is 15.9 Å². The van der Waals surface area contributed by atoms with Gasteiger partial charge < -0.3 is 10.4 Å². The first-order valence-corrected chi connectivity index (χ1v) is 16.0. The maximum Gasteiger partial charge on any atom is 0.335 e. The predicted molar refractivity (Wildman–Crippen MR) is 174 cm³/mol. The van der Waals surface area contributed by atoms with Crippen LogP contribution in [0.5, 0.6) is 0 Å². The summed E-state index contributed by atoms with van der Waals surface area (Å²) in [5.41, 5.74) is -1.47. The highest BCUT2D eigenvalue weighted by atomic mass is 32.2. The Labute approximate surface area is 280 Å². The average Bonchev–Trinajstić information content (AvgIpc) is 3.64. The quantitative estimate of drug-likeness (QED) is 0.190. The number of carbonyl (C=O) groups is 2. The van der Waals surface area contributed by atoms with Gasteiger partial charge in [0, 0.05) is 25.7 Å². The Bertz CT molecular complexity index is 2500. The predicted octanol–water partition coefficient (Wildman–Crippen LogP) is 2.17. The number of amides is 1. The van der Waals surface area contributed by atoms with Crippen LogP contribution in [-0.2, 0) is 28.3 Å². The molecule has 0 aliphatic rings. The van der Waals surface area contributed by atoms with E-state index in [1.807, 2.05) is 4.72 Å². The van der Waals surface area contributed by atoms with E-state index >= 15 is 8.78 Å². The molecule has 3 aromatic carbocycles. The molecule has 50 heavy (non-hydrogen) atoms.